The minimum absolute atomic E-state index is 0.178. The predicted molar refractivity (Wildman–Crippen MR) is 67.6 cm³/mol. The largest absolute Gasteiger partial charge is 0.244 e. The summed E-state index contributed by atoms with van der Waals surface area (Å²) in [6.07, 6.45) is 4.52. The molecule has 0 spiro atoms. The number of halogens is 2. The average Bonchev–Trinajstić information content (AvgIpc) is 3.16. The second kappa shape index (κ2) is 5.78. The van der Waals surface area contributed by atoms with Gasteiger partial charge in [-0.15, -0.1) is 0 Å². The Morgan fingerprint density at radius 1 is 1.06 bits per heavy atom. The summed E-state index contributed by atoms with van der Waals surface area (Å²) < 4.78 is 11.9. The van der Waals surface area contributed by atoms with E-state index in [-0.39, 0.29) is 5.82 Å². The van der Waals surface area contributed by atoms with E-state index < -0.39 is 0 Å². The van der Waals surface area contributed by atoms with Crippen LogP contribution in [-0.4, -0.2) is 4.98 Å². The predicted octanol–water partition coefficient (Wildman–Crippen LogP) is 4.44. The molecule has 1 nitrogen and oxygen atoms in total. The molecule has 1 aliphatic rings. The standard InChI is InChI=1S/C8H8ClN.C6H5F/c9-8-4-3-7(5-10-8)6-1-2-6;7-6-4-2-1-3-5-6/h3-6H,1-2H2;1-5H. The van der Waals surface area contributed by atoms with E-state index in [1.807, 2.05) is 12.3 Å². The first-order chi connectivity index (χ1) is 8.25. The van der Waals surface area contributed by atoms with E-state index in [4.69, 9.17) is 11.6 Å². The van der Waals surface area contributed by atoms with E-state index in [0.29, 0.717) is 5.15 Å². The summed E-state index contributed by atoms with van der Waals surface area (Å²) in [5.74, 6) is 0.604. The molecule has 1 aromatic heterocycles. The molecule has 0 saturated heterocycles. The fourth-order valence-electron chi connectivity index (χ4n) is 1.46. The SMILES string of the molecule is Clc1ccc(C2CC2)cn1.Fc1ccccc1. The van der Waals surface area contributed by atoms with E-state index in [2.05, 4.69) is 11.1 Å². The first-order valence-electron chi connectivity index (χ1n) is 5.57. The van der Waals surface area contributed by atoms with E-state index in [9.17, 15) is 4.39 Å². The molecule has 0 atom stereocenters. The van der Waals surface area contributed by atoms with Crippen molar-refractivity contribution in [2.75, 3.05) is 0 Å². The Kier molecular flexibility index (Phi) is 4.10. The number of benzene rings is 1. The zero-order valence-corrected chi connectivity index (χ0v) is 10.1. The Balaban J connectivity index is 0.000000136. The molecule has 0 N–H and O–H groups in total. The van der Waals surface area contributed by atoms with Crippen molar-refractivity contribution in [1.82, 2.24) is 4.98 Å². The molecule has 0 amide bonds. The first-order valence-corrected chi connectivity index (χ1v) is 5.95. The number of hydrogen-bond acceptors (Lipinski definition) is 1. The Bertz CT molecular complexity index is 451. The van der Waals surface area contributed by atoms with Gasteiger partial charge in [-0.2, -0.15) is 0 Å². The molecule has 17 heavy (non-hydrogen) atoms. The fourth-order valence-corrected chi connectivity index (χ4v) is 1.57. The highest BCUT2D eigenvalue weighted by atomic mass is 35.5. The third-order valence-electron chi connectivity index (χ3n) is 2.53. The maximum atomic E-state index is 11.9. The van der Waals surface area contributed by atoms with E-state index in [1.165, 1.54) is 30.5 Å². The summed E-state index contributed by atoms with van der Waals surface area (Å²) in [4.78, 5) is 4.01. The van der Waals surface area contributed by atoms with E-state index >= 15 is 0 Å². The summed E-state index contributed by atoms with van der Waals surface area (Å²) in [7, 11) is 0. The zero-order valence-electron chi connectivity index (χ0n) is 9.31. The summed E-state index contributed by atoms with van der Waals surface area (Å²) in [5, 5.41) is 0.587. The average molecular weight is 250 g/mol. The third-order valence-corrected chi connectivity index (χ3v) is 2.76. The topological polar surface area (TPSA) is 12.9 Å². The van der Waals surface area contributed by atoms with Gasteiger partial charge in [-0.3, -0.25) is 0 Å². The molecule has 1 aromatic carbocycles. The van der Waals surface area contributed by atoms with E-state index in [0.717, 1.165) is 5.92 Å². The van der Waals surface area contributed by atoms with Crippen LogP contribution in [0.5, 0.6) is 0 Å². The van der Waals surface area contributed by atoms with Crippen LogP contribution in [0.1, 0.15) is 24.3 Å². The lowest BCUT2D eigenvalue weighted by Gasteiger charge is -1.94. The normalized spacial score (nSPS) is 13.8. The lowest BCUT2D eigenvalue weighted by molar-refractivity contribution is 0.628. The molecule has 1 fully saturated rings. The van der Waals surface area contributed by atoms with Gasteiger partial charge in [-0.25, -0.2) is 9.37 Å². The van der Waals surface area contributed by atoms with Crippen molar-refractivity contribution in [3.63, 3.8) is 0 Å². The lowest BCUT2D eigenvalue weighted by atomic mass is 10.2. The van der Waals surface area contributed by atoms with Crippen LogP contribution < -0.4 is 0 Å². The van der Waals surface area contributed by atoms with Gasteiger partial charge in [0.2, 0.25) is 0 Å². The van der Waals surface area contributed by atoms with Crippen LogP contribution >= 0.6 is 11.6 Å². The smallest absolute Gasteiger partial charge is 0.129 e. The van der Waals surface area contributed by atoms with Crippen LogP contribution in [-0.2, 0) is 0 Å². The Morgan fingerprint density at radius 3 is 2.18 bits per heavy atom. The van der Waals surface area contributed by atoms with Crippen LogP contribution in [0.4, 0.5) is 4.39 Å². The second-order valence-electron chi connectivity index (χ2n) is 3.98. The van der Waals surface area contributed by atoms with Crippen LogP contribution in [0.2, 0.25) is 5.15 Å². The minimum atomic E-state index is -0.178. The highest BCUT2D eigenvalue weighted by Crippen LogP contribution is 2.39. The molecule has 1 saturated carbocycles. The molecule has 0 unspecified atom stereocenters. The van der Waals surface area contributed by atoms with Gasteiger partial charge >= 0.3 is 0 Å². The quantitative estimate of drug-likeness (QED) is 0.681. The monoisotopic (exact) mass is 249 g/mol. The molecule has 0 bridgehead atoms. The maximum Gasteiger partial charge on any atom is 0.129 e. The lowest BCUT2D eigenvalue weighted by Crippen LogP contribution is -1.80. The molecule has 88 valence electrons. The molecule has 1 heterocycles. The van der Waals surface area contributed by atoms with E-state index in [1.54, 1.807) is 18.2 Å². The molecule has 3 rings (SSSR count). The molecular weight excluding hydrogens is 237 g/mol. The van der Waals surface area contributed by atoms with Gasteiger partial charge < -0.3 is 0 Å². The third kappa shape index (κ3) is 4.16. The van der Waals surface area contributed by atoms with Crippen molar-refractivity contribution in [2.24, 2.45) is 0 Å². The fraction of sp³-hybridized carbons (Fsp3) is 0.214. The molecular formula is C14H13ClFN. The molecule has 1 aliphatic carbocycles. The Morgan fingerprint density at radius 2 is 1.76 bits per heavy atom. The Hall–Kier alpha value is -1.41. The van der Waals surface area contributed by atoms with Crippen LogP contribution in [0.3, 0.4) is 0 Å². The highest BCUT2D eigenvalue weighted by Gasteiger charge is 2.23. The van der Waals surface area contributed by atoms with Crippen molar-refractivity contribution in [1.29, 1.82) is 0 Å². The van der Waals surface area contributed by atoms with Gasteiger partial charge in [-0.05, 0) is 42.5 Å². The van der Waals surface area contributed by atoms with Gasteiger partial charge in [0.05, 0.1) is 0 Å². The first kappa shape index (κ1) is 12.1. The van der Waals surface area contributed by atoms with Crippen molar-refractivity contribution in [2.45, 2.75) is 18.8 Å². The summed E-state index contributed by atoms with van der Waals surface area (Å²) in [6, 6.07) is 11.9. The molecule has 3 heteroatoms. The summed E-state index contributed by atoms with van der Waals surface area (Å²) in [6.45, 7) is 0. The van der Waals surface area contributed by atoms with Gasteiger partial charge in [0.15, 0.2) is 0 Å². The van der Waals surface area contributed by atoms with Gasteiger partial charge in [0, 0.05) is 6.20 Å². The second-order valence-corrected chi connectivity index (χ2v) is 4.37. The van der Waals surface area contributed by atoms with Gasteiger partial charge in [0.25, 0.3) is 0 Å². The minimum Gasteiger partial charge on any atom is -0.244 e. The number of pyridine rings is 1. The number of rotatable bonds is 1. The van der Waals surface area contributed by atoms with Gasteiger partial charge in [0.1, 0.15) is 11.0 Å². The highest BCUT2D eigenvalue weighted by molar-refractivity contribution is 6.29. The number of hydrogen-bond donors (Lipinski definition) is 0. The Labute approximate surface area is 105 Å². The van der Waals surface area contributed by atoms with Crippen LogP contribution in [0.15, 0.2) is 48.7 Å². The van der Waals surface area contributed by atoms with Crippen molar-refractivity contribution >= 4 is 11.6 Å². The molecule has 2 aromatic rings. The number of aromatic nitrogens is 1. The summed E-state index contributed by atoms with van der Waals surface area (Å²) in [5.41, 5.74) is 1.34. The van der Waals surface area contributed by atoms with Crippen molar-refractivity contribution < 1.29 is 4.39 Å². The molecule has 0 radical (unpaired) electrons. The summed E-state index contributed by atoms with van der Waals surface area (Å²) >= 11 is 5.63. The van der Waals surface area contributed by atoms with Crippen LogP contribution in [0, 0.1) is 5.82 Å². The molecule has 0 aliphatic heterocycles. The van der Waals surface area contributed by atoms with Gasteiger partial charge in [-0.1, -0.05) is 35.9 Å². The zero-order chi connectivity index (χ0) is 12.1. The number of nitrogens with zero attached hydrogens (tertiary/aromatic N) is 1. The van der Waals surface area contributed by atoms with Crippen LogP contribution in [0.25, 0.3) is 0 Å². The van der Waals surface area contributed by atoms with Crippen molar-refractivity contribution in [3.8, 4) is 0 Å². The maximum absolute atomic E-state index is 11.9. The van der Waals surface area contributed by atoms with Crippen molar-refractivity contribution in [3.05, 3.63) is 65.2 Å².